The fourth-order valence-corrected chi connectivity index (χ4v) is 10.1. The molecule has 0 bridgehead atoms. The van der Waals surface area contributed by atoms with E-state index in [4.69, 9.17) is 0 Å². The molecule has 0 aliphatic heterocycles. The molecule has 0 heterocycles. The third-order valence-corrected chi connectivity index (χ3v) is 12.9. The van der Waals surface area contributed by atoms with Gasteiger partial charge in [-0.25, -0.2) is 0 Å². The maximum absolute atomic E-state index is 2.41. The Balaban J connectivity index is 1.08. The molecule has 1 fully saturated rings. The average Bonchev–Trinajstić information content (AvgIpc) is 3.31. The van der Waals surface area contributed by atoms with Crippen LogP contribution >= 0.6 is 0 Å². The maximum atomic E-state index is 2.41. The molecule has 0 amide bonds. The van der Waals surface area contributed by atoms with Crippen molar-refractivity contribution in [2.24, 2.45) is 0 Å². The van der Waals surface area contributed by atoms with Crippen LogP contribution in [0.15, 0.2) is 200 Å². The number of rotatable bonds is 6. The Kier molecular flexibility index (Phi) is 8.70. The molecule has 0 radical (unpaired) electrons. The summed E-state index contributed by atoms with van der Waals surface area (Å²) in [6, 6.07) is 74.7. The third kappa shape index (κ3) is 5.91. The van der Waals surface area contributed by atoms with E-state index < -0.39 is 0 Å². The van der Waals surface area contributed by atoms with E-state index in [2.05, 4.69) is 200 Å². The van der Waals surface area contributed by atoms with Crippen molar-refractivity contribution in [3.8, 4) is 55.6 Å². The lowest BCUT2D eigenvalue weighted by Crippen LogP contribution is -2.04. The van der Waals surface area contributed by atoms with Crippen LogP contribution in [0.2, 0.25) is 0 Å². The molecule has 0 nitrogen and oxygen atoms in total. The van der Waals surface area contributed by atoms with E-state index in [0.29, 0.717) is 5.92 Å². The lowest BCUT2D eigenvalue weighted by molar-refractivity contribution is 0.443. The van der Waals surface area contributed by atoms with Gasteiger partial charge in [-0.1, -0.05) is 213 Å². The Hall–Kier alpha value is -6.76. The van der Waals surface area contributed by atoms with Gasteiger partial charge < -0.3 is 0 Å². The Morgan fingerprint density at radius 2 is 0.569 bits per heavy atom. The van der Waals surface area contributed by atoms with E-state index in [1.807, 2.05) is 0 Å². The second kappa shape index (κ2) is 14.6. The lowest BCUT2D eigenvalue weighted by atomic mass is 9.82. The number of hydrogen-bond donors (Lipinski definition) is 0. The minimum Gasteiger partial charge on any atom is -0.0622 e. The van der Waals surface area contributed by atoms with Crippen molar-refractivity contribution in [2.75, 3.05) is 0 Å². The summed E-state index contributed by atoms with van der Waals surface area (Å²) in [5, 5.41) is 10.2. The lowest BCUT2D eigenvalue weighted by Gasteiger charge is -2.22. The van der Waals surface area contributed by atoms with Crippen LogP contribution in [0.4, 0.5) is 0 Å². The third-order valence-electron chi connectivity index (χ3n) is 12.9. The van der Waals surface area contributed by atoms with Gasteiger partial charge in [0.25, 0.3) is 0 Å². The molecule has 1 aliphatic rings. The maximum Gasteiger partial charge on any atom is -0.00262 e. The van der Waals surface area contributed by atoms with Crippen molar-refractivity contribution >= 4 is 43.1 Å². The van der Waals surface area contributed by atoms with Gasteiger partial charge in [0, 0.05) is 0 Å². The highest BCUT2D eigenvalue weighted by molar-refractivity contribution is 6.23. The highest BCUT2D eigenvalue weighted by atomic mass is 14.2. The van der Waals surface area contributed by atoms with Crippen LogP contribution in [0.1, 0.15) is 43.6 Å². The predicted molar refractivity (Wildman–Crippen MR) is 249 cm³/mol. The highest BCUT2D eigenvalue weighted by Crippen LogP contribution is 2.47. The fourth-order valence-electron chi connectivity index (χ4n) is 10.1. The number of hydrogen-bond acceptors (Lipinski definition) is 0. The van der Waals surface area contributed by atoms with Crippen molar-refractivity contribution in [1.82, 2.24) is 0 Å². The van der Waals surface area contributed by atoms with E-state index >= 15 is 0 Å². The largest absolute Gasteiger partial charge is 0.0622 e. The molecule has 58 heavy (non-hydrogen) atoms. The van der Waals surface area contributed by atoms with Crippen LogP contribution in [-0.2, 0) is 0 Å². The van der Waals surface area contributed by atoms with Crippen molar-refractivity contribution < 1.29 is 0 Å². The number of benzene rings is 10. The smallest absolute Gasteiger partial charge is 0.00262 e. The topological polar surface area (TPSA) is 0 Å². The summed E-state index contributed by atoms with van der Waals surface area (Å²) in [6.07, 6.45) is 6.73. The zero-order valence-electron chi connectivity index (χ0n) is 32.7. The molecule has 276 valence electrons. The summed E-state index contributed by atoms with van der Waals surface area (Å²) >= 11 is 0. The highest BCUT2D eigenvalue weighted by Gasteiger charge is 2.21. The first kappa shape index (κ1) is 34.5. The van der Waals surface area contributed by atoms with Gasteiger partial charge in [-0.3, -0.25) is 0 Å². The molecule has 0 heteroatoms. The molecule has 0 atom stereocenters. The Bertz CT molecular complexity index is 3040. The summed E-state index contributed by atoms with van der Waals surface area (Å²) in [5.74, 6) is 0.700. The van der Waals surface area contributed by atoms with Crippen LogP contribution in [0.3, 0.4) is 0 Å². The van der Waals surface area contributed by atoms with E-state index in [0.717, 1.165) is 0 Å². The summed E-state index contributed by atoms with van der Waals surface area (Å²) in [7, 11) is 0. The van der Waals surface area contributed by atoms with Gasteiger partial charge in [0.15, 0.2) is 0 Å². The van der Waals surface area contributed by atoms with E-state index in [1.54, 1.807) is 0 Å². The van der Waals surface area contributed by atoms with Crippen molar-refractivity contribution in [2.45, 2.75) is 38.0 Å². The zero-order valence-corrected chi connectivity index (χ0v) is 32.7. The minimum atomic E-state index is 0.700. The summed E-state index contributed by atoms with van der Waals surface area (Å²) in [5.41, 5.74) is 14.1. The standard InChI is InChI=1S/C58H44/c1-4-16-39(17-5-1)41-28-30-43(31-29-41)55-47-22-10-12-24-49(47)56(50-25-13-11-23-48(50)55)44-32-34-45(35-33-44)57-51-26-14-15-27-52(51)58(42-20-8-3-9-21-42)54-38-46(36-37-53(54)57)40-18-6-2-7-19-40/h2-3,6-15,18-39H,1,4-5,16-17H2. The van der Waals surface area contributed by atoms with Crippen LogP contribution in [-0.4, -0.2) is 0 Å². The monoisotopic (exact) mass is 740 g/mol. The molecular weight excluding hydrogens is 697 g/mol. The molecule has 0 aromatic heterocycles. The van der Waals surface area contributed by atoms with Crippen LogP contribution < -0.4 is 0 Å². The van der Waals surface area contributed by atoms with Gasteiger partial charge in [0.1, 0.15) is 0 Å². The average molecular weight is 741 g/mol. The van der Waals surface area contributed by atoms with Gasteiger partial charge in [0.05, 0.1) is 0 Å². The van der Waals surface area contributed by atoms with E-state index in [1.165, 1.54) is 136 Å². The molecular formula is C58H44. The second-order valence-electron chi connectivity index (χ2n) is 16.2. The quantitative estimate of drug-likeness (QED) is 0.149. The van der Waals surface area contributed by atoms with Crippen LogP contribution in [0.25, 0.3) is 98.7 Å². The van der Waals surface area contributed by atoms with Gasteiger partial charge >= 0.3 is 0 Å². The van der Waals surface area contributed by atoms with Gasteiger partial charge in [-0.2, -0.15) is 0 Å². The Labute approximate surface area is 341 Å². The molecule has 0 saturated heterocycles. The summed E-state index contributed by atoms with van der Waals surface area (Å²) in [6.45, 7) is 0. The molecule has 1 saturated carbocycles. The predicted octanol–water partition coefficient (Wildman–Crippen LogP) is 16.7. The molecule has 10 aromatic rings. The number of fused-ring (bicyclic) bond motifs is 4. The van der Waals surface area contributed by atoms with Crippen molar-refractivity contribution in [3.63, 3.8) is 0 Å². The van der Waals surface area contributed by atoms with Gasteiger partial charge in [-0.05, 0) is 129 Å². The Morgan fingerprint density at radius 3 is 1.02 bits per heavy atom. The first-order valence-electron chi connectivity index (χ1n) is 21.0. The molecule has 0 N–H and O–H groups in total. The van der Waals surface area contributed by atoms with E-state index in [-0.39, 0.29) is 0 Å². The Morgan fingerprint density at radius 1 is 0.241 bits per heavy atom. The van der Waals surface area contributed by atoms with Crippen LogP contribution in [0, 0.1) is 0 Å². The van der Waals surface area contributed by atoms with Crippen molar-refractivity contribution in [1.29, 1.82) is 0 Å². The normalized spacial score (nSPS) is 13.4. The second-order valence-corrected chi connectivity index (χ2v) is 16.2. The molecule has 0 unspecified atom stereocenters. The minimum absolute atomic E-state index is 0.700. The first-order valence-corrected chi connectivity index (χ1v) is 21.0. The van der Waals surface area contributed by atoms with E-state index in [9.17, 15) is 0 Å². The fraction of sp³-hybridized carbons (Fsp3) is 0.103. The molecule has 0 spiro atoms. The molecule has 11 rings (SSSR count). The summed E-state index contributed by atoms with van der Waals surface area (Å²) < 4.78 is 0. The van der Waals surface area contributed by atoms with Gasteiger partial charge in [-0.15, -0.1) is 0 Å². The first-order chi connectivity index (χ1) is 28.8. The van der Waals surface area contributed by atoms with Gasteiger partial charge in [0.2, 0.25) is 0 Å². The zero-order chi connectivity index (χ0) is 38.4. The van der Waals surface area contributed by atoms with Crippen LogP contribution in [0.5, 0.6) is 0 Å². The SMILES string of the molecule is c1ccc(-c2ccc3c(-c4ccc(-c5c6ccccc6c(-c6ccc(C7CCCCC7)cc6)c6ccccc56)cc4)c4ccccc4c(-c4ccccc4)c3c2)cc1. The van der Waals surface area contributed by atoms with Crippen molar-refractivity contribution in [3.05, 3.63) is 206 Å². The summed E-state index contributed by atoms with van der Waals surface area (Å²) in [4.78, 5) is 0. The molecule has 10 aromatic carbocycles. The molecule has 1 aliphatic carbocycles.